The maximum Gasteiger partial charge on any atom is 0.247 e. The summed E-state index contributed by atoms with van der Waals surface area (Å²) in [6.45, 7) is 2.04. The summed E-state index contributed by atoms with van der Waals surface area (Å²) in [5.41, 5.74) is 1.20. The Bertz CT molecular complexity index is 366. The maximum atomic E-state index is 12.0. The Balaban J connectivity index is 1.94. The van der Waals surface area contributed by atoms with Crippen molar-refractivity contribution < 1.29 is 13.9 Å². The minimum absolute atomic E-state index is 0.155. The fourth-order valence-electron chi connectivity index (χ4n) is 2.17. The quantitative estimate of drug-likeness (QED) is 0.834. The van der Waals surface area contributed by atoms with Crippen LogP contribution in [0.25, 0.3) is 0 Å². The van der Waals surface area contributed by atoms with Gasteiger partial charge in [0, 0.05) is 4.90 Å². The molecule has 1 aliphatic rings. The Morgan fingerprint density at radius 1 is 1.35 bits per heavy atom. The average molecular weight is 258 g/mol. The van der Waals surface area contributed by atoms with Gasteiger partial charge >= 0.3 is 0 Å². The van der Waals surface area contributed by atoms with E-state index < -0.39 is 6.43 Å². The van der Waals surface area contributed by atoms with Crippen molar-refractivity contribution in [3.63, 3.8) is 0 Å². The van der Waals surface area contributed by atoms with Crippen molar-refractivity contribution in [3.8, 4) is 0 Å². The molecule has 17 heavy (non-hydrogen) atoms. The lowest BCUT2D eigenvalue weighted by Crippen LogP contribution is -2.37. The zero-order valence-corrected chi connectivity index (χ0v) is 10.5. The number of aliphatic hydroxyl groups excluding tert-OH is 1. The number of rotatable bonds is 4. The van der Waals surface area contributed by atoms with E-state index in [0.717, 1.165) is 11.3 Å². The van der Waals surface area contributed by atoms with Gasteiger partial charge in [-0.25, -0.2) is 8.78 Å². The van der Waals surface area contributed by atoms with Gasteiger partial charge in [-0.15, -0.1) is 11.8 Å². The molecule has 0 bridgehead atoms. The molecule has 0 heterocycles. The third-order valence-electron chi connectivity index (χ3n) is 3.42. The normalized spacial score (nSPS) is 28.2. The summed E-state index contributed by atoms with van der Waals surface area (Å²) < 4.78 is 24.1. The molecule has 94 valence electrons. The van der Waals surface area contributed by atoms with Crippen molar-refractivity contribution >= 4 is 11.8 Å². The standard InChI is InChI=1S/C13H16F2OS/c1-8-11(6-12(8)16)9-2-4-10(5-3-9)17-7-13(14)15/h2-5,8,11-13,16H,6-7H2,1H3. The van der Waals surface area contributed by atoms with Crippen LogP contribution in [0.4, 0.5) is 8.78 Å². The zero-order valence-electron chi connectivity index (χ0n) is 9.64. The van der Waals surface area contributed by atoms with Crippen molar-refractivity contribution in [2.45, 2.75) is 36.7 Å². The van der Waals surface area contributed by atoms with Gasteiger partial charge in [0.1, 0.15) is 0 Å². The van der Waals surface area contributed by atoms with Crippen LogP contribution in [0.1, 0.15) is 24.8 Å². The van der Waals surface area contributed by atoms with Crippen LogP contribution < -0.4 is 0 Å². The number of aliphatic hydroxyl groups is 1. The van der Waals surface area contributed by atoms with Crippen molar-refractivity contribution in [2.24, 2.45) is 5.92 Å². The van der Waals surface area contributed by atoms with E-state index >= 15 is 0 Å². The first-order chi connectivity index (χ1) is 8.08. The van der Waals surface area contributed by atoms with E-state index in [1.54, 1.807) is 0 Å². The first-order valence-electron chi connectivity index (χ1n) is 5.77. The van der Waals surface area contributed by atoms with Gasteiger partial charge in [-0.3, -0.25) is 0 Å². The fraction of sp³-hybridized carbons (Fsp3) is 0.538. The number of hydrogen-bond donors (Lipinski definition) is 1. The Kier molecular flexibility index (Phi) is 4.05. The van der Waals surface area contributed by atoms with E-state index in [1.807, 2.05) is 31.2 Å². The fourth-order valence-corrected chi connectivity index (χ4v) is 2.82. The smallest absolute Gasteiger partial charge is 0.247 e. The number of alkyl halides is 2. The second-order valence-corrected chi connectivity index (χ2v) is 5.63. The molecular weight excluding hydrogens is 242 g/mol. The van der Waals surface area contributed by atoms with Crippen molar-refractivity contribution in [1.29, 1.82) is 0 Å². The van der Waals surface area contributed by atoms with Crippen LogP contribution in [0.2, 0.25) is 0 Å². The third-order valence-corrected chi connectivity index (χ3v) is 4.45. The Morgan fingerprint density at radius 3 is 2.47 bits per heavy atom. The molecule has 0 saturated heterocycles. The highest BCUT2D eigenvalue weighted by molar-refractivity contribution is 7.99. The van der Waals surface area contributed by atoms with E-state index in [1.165, 1.54) is 17.3 Å². The molecule has 1 fully saturated rings. The molecule has 0 spiro atoms. The topological polar surface area (TPSA) is 20.2 Å². The summed E-state index contributed by atoms with van der Waals surface area (Å²) in [6.07, 6.45) is -1.64. The molecule has 3 unspecified atom stereocenters. The molecule has 3 atom stereocenters. The summed E-state index contributed by atoms with van der Waals surface area (Å²) >= 11 is 1.18. The molecule has 4 heteroatoms. The highest BCUT2D eigenvalue weighted by atomic mass is 32.2. The molecule has 0 aromatic heterocycles. The number of hydrogen-bond acceptors (Lipinski definition) is 2. The van der Waals surface area contributed by atoms with Gasteiger partial charge in [-0.2, -0.15) is 0 Å². The van der Waals surface area contributed by atoms with Gasteiger partial charge in [-0.1, -0.05) is 19.1 Å². The van der Waals surface area contributed by atoms with Gasteiger partial charge in [0.2, 0.25) is 6.43 Å². The maximum absolute atomic E-state index is 12.0. The van der Waals surface area contributed by atoms with Crippen LogP contribution in [-0.4, -0.2) is 23.4 Å². The Morgan fingerprint density at radius 2 is 2.00 bits per heavy atom. The van der Waals surface area contributed by atoms with E-state index in [4.69, 9.17) is 0 Å². The monoisotopic (exact) mass is 258 g/mol. The van der Waals surface area contributed by atoms with Gasteiger partial charge in [0.25, 0.3) is 0 Å². The van der Waals surface area contributed by atoms with Gasteiger partial charge in [-0.05, 0) is 36.0 Å². The third kappa shape index (κ3) is 2.99. The molecule has 0 radical (unpaired) electrons. The summed E-state index contributed by atoms with van der Waals surface area (Å²) in [5.74, 6) is 0.562. The second-order valence-electron chi connectivity index (χ2n) is 4.54. The molecule has 2 rings (SSSR count). The van der Waals surface area contributed by atoms with E-state index in [2.05, 4.69) is 0 Å². The molecule has 0 aliphatic heterocycles. The summed E-state index contributed by atoms with van der Waals surface area (Å²) in [6, 6.07) is 7.75. The first kappa shape index (κ1) is 12.8. The molecule has 1 aromatic carbocycles. The van der Waals surface area contributed by atoms with Crippen LogP contribution in [0, 0.1) is 5.92 Å². The van der Waals surface area contributed by atoms with Gasteiger partial charge in [0.15, 0.2) is 0 Å². The predicted molar refractivity (Wildman–Crippen MR) is 65.7 cm³/mol. The highest BCUT2D eigenvalue weighted by Gasteiger charge is 2.36. The summed E-state index contributed by atoms with van der Waals surface area (Å²) in [4.78, 5) is 0.876. The van der Waals surface area contributed by atoms with Crippen molar-refractivity contribution in [3.05, 3.63) is 29.8 Å². The van der Waals surface area contributed by atoms with E-state index in [-0.39, 0.29) is 11.9 Å². The lowest BCUT2D eigenvalue weighted by Gasteiger charge is -2.39. The predicted octanol–water partition coefficient (Wildman–Crippen LogP) is 3.53. The van der Waals surface area contributed by atoms with Gasteiger partial charge in [0.05, 0.1) is 11.9 Å². The molecule has 0 amide bonds. The van der Waals surface area contributed by atoms with E-state index in [9.17, 15) is 13.9 Å². The summed E-state index contributed by atoms with van der Waals surface area (Å²) in [7, 11) is 0. The van der Waals surface area contributed by atoms with Crippen LogP contribution in [-0.2, 0) is 0 Å². The minimum atomic E-state index is -2.26. The van der Waals surface area contributed by atoms with E-state index in [0.29, 0.717) is 11.8 Å². The molecule has 1 aliphatic carbocycles. The number of thioether (sulfide) groups is 1. The zero-order chi connectivity index (χ0) is 12.4. The van der Waals surface area contributed by atoms with Crippen LogP contribution >= 0.6 is 11.8 Å². The van der Waals surface area contributed by atoms with Gasteiger partial charge < -0.3 is 5.11 Å². The average Bonchev–Trinajstić information content (AvgIpc) is 2.33. The molecule has 1 aromatic rings. The minimum Gasteiger partial charge on any atom is -0.393 e. The SMILES string of the molecule is CC1C(O)CC1c1ccc(SCC(F)F)cc1. The number of halogens is 2. The van der Waals surface area contributed by atoms with Crippen molar-refractivity contribution in [2.75, 3.05) is 5.75 Å². The van der Waals surface area contributed by atoms with Crippen LogP contribution in [0.5, 0.6) is 0 Å². The second kappa shape index (κ2) is 5.36. The highest BCUT2D eigenvalue weighted by Crippen LogP contribution is 2.42. The first-order valence-corrected chi connectivity index (χ1v) is 6.75. The van der Waals surface area contributed by atoms with Crippen LogP contribution in [0.15, 0.2) is 29.2 Å². The number of benzene rings is 1. The molecular formula is C13H16F2OS. The molecule has 1 saturated carbocycles. The summed E-state index contributed by atoms with van der Waals surface area (Å²) in [5, 5.41) is 9.46. The molecule has 1 nitrogen and oxygen atoms in total. The lowest BCUT2D eigenvalue weighted by atomic mass is 9.69. The lowest BCUT2D eigenvalue weighted by molar-refractivity contribution is 0.0117. The Labute approximate surface area is 104 Å². The molecule has 1 N–H and O–H groups in total. The largest absolute Gasteiger partial charge is 0.393 e. The Hall–Kier alpha value is -0.610. The van der Waals surface area contributed by atoms with Crippen LogP contribution in [0.3, 0.4) is 0 Å². The van der Waals surface area contributed by atoms with Crippen molar-refractivity contribution in [1.82, 2.24) is 0 Å².